The lowest BCUT2D eigenvalue weighted by Gasteiger charge is -2.44. The fourth-order valence-corrected chi connectivity index (χ4v) is 13.1. The van der Waals surface area contributed by atoms with Gasteiger partial charge in [0, 0.05) is 50.6 Å². The summed E-state index contributed by atoms with van der Waals surface area (Å²) in [5.41, 5.74) is 28.5. The lowest BCUT2D eigenvalue weighted by molar-refractivity contribution is 0.660. The Bertz CT molecular complexity index is 4030. The second-order valence-electron chi connectivity index (χ2n) is 20.7. The largest absolute Gasteiger partial charge is 0.455 e. The van der Waals surface area contributed by atoms with Gasteiger partial charge in [-0.2, -0.15) is 0 Å². The molecule has 0 N–H and O–H groups in total. The molecule has 0 amide bonds. The Morgan fingerprint density at radius 1 is 0.329 bits per heavy atom. The Balaban J connectivity index is 0.870. The summed E-state index contributed by atoms with van der Waals surface area (Å²) in [5.74, 6) is 0.176. The summed E-state index contributed by atoms with van der Waals surface area (Å²) < 4.78 is 6.78. The van der Waals surface area contributed by atoms with E-state index in [2.05, 4.69) is 267 Å². The van der Waals surface area contributed by atoms with Crippen LogP contribution in [0, 0.1) is 0 Å². The van der Waals surface area contributed by atoms with Gasteiger partial charge in [0.15, 0.2) is 0 Å². The molecule has 1 aromatic heterocycles. The first-order chi connectivity index (χ1) is 36.0. The zero-order valence-electron chi connectivity index (χ0n) is 40.7. The molecule has 0 fully saturated rings. The Hall–Kier alpha value is -8.98. The van der Waals surface area contributed by atoms with Gasteiger partial charge in [0.1, 0.15) is 11.2 Å². The lowest BCUT2D eigenvalue weighted by atomic mass is 9.58. The summed E-state index contributed by atoms with van der Waals surface area (Å²) in [4.78, 5) is 2.42. The van der Waals surface area contributed by atoms with Crippen LogP contribution in [0.2, 0.25) is 0 Å². The second-order valence-corrected chi connectivity index (χ2v) is 20.7. The third-order valence-electron chi connectivity index (χ3n) is 16.5. The van der Waals surface area contributed by atoms with Gasteiger partial charge < -0.3 is 9.32 Å². The van der Waals surface area contributed by atoms with Crippen LogP contribution in [0.1, 0.15) is 70.2 Å². The number of hydrogen-bond donors (Lipinski definition) is 0. The Morgan fingerprint density at radius 2 is 0.767 bits per heavy atom. The third-order valence-corrected chi connectivity index (χ3v) is 16.5. The molecule has 0 aliphatic heterocycles. The highest BCUT2D eigenvalue weighted by Gasteiger charge is 2.44. The zero-order chi connectivity index (χ0) is 48.4. The Kier molecular flexibility index (Phi) is 9.16. The molecule has 11 aromatic carbocycles. The number of fused-ring (bicyclic) bond motifs is 6. The van der Waals surface area contributed by atoms with Crippen molar-refractivity contribution in [2.75, 3.05) is 4.90 Å². The van der Waals surface area contributed by atoms with Crippen LogP contribution in [0.25, 0.3) is 77.6 Å². The number of para-hydroxylation sites is 2. The number of anilines is 3. The maximum Gasteiger partial charge on any atom is 0.143 e. The van der Waals surface area contributed by atoms with Gasteiger partial charge in [-0.15, -0.1) is 0 Å². The summed E-state index contributed by atoms with van der Waals surface area (Å²) in [6, 6.07) is 92.1. The lowest BCUT2D eigenvalue weighted by Crippen LogP contribution is -2.28. The summed E-state index contributed by atoms with van der Waals surface area (Å²) in [6.45, 7) is 4.83. The first-order valence-electron chi connectivity index (χ1n) is 25.6. The van der Waals surface area contributed by atoms with Crippen molar-refractivity contribution in [1.29, 1.82) is 0 Å². The highest BCUT2D eigenvalue weighted by Crippen LogP contribution is 2.61. The van der Waals surface area contributed by atoms with Gasteiger partial charge >= 0.3 is 0 Å². The van der Waals surface area contributed by atoms with Gasteiger partial charge in [-0.25, -0.2) is 0 Å². The number of hydrogen-bond acceptors (Lipinski definition) is 2. The van der Waals surface area contributed by atoms with Crippen LogP contribution in [0.3, 0.4) is 0 Å². The van der Waals surface area contributed by atoms with E-state index >= 15 is 0 Å². The quantitative estimate of drug-likeness (QED) is 0.158. The van der Waals surface area contributed by atoms with Crippen LogP contribution in [0.5, 0.6) is 0 Å². The van der Waals surface area contributed by atoms with E-state index in [1.807, 2.05) is 0 Å². The fourth-order valence-electron chi connectivity index (χ4n) is 13.1. The van der Waals surface area contributed by atoms with Crippen molar-refractivity contribution in [3.05, 3.63) is 293 Å². The molecule has 0 radical (unpaired) electrons. The molecule has 73 heavy (non-hydrogen) atoms. The maximum atomic E-state index is 6.78. The molecule has 0 unspecified atom stereocenters. The van der Waals surface area contributed by atoms with Gasteiger partial charge in [-0.3, -0.25) is 0 Å². The molecule has 2 nitrogen and oxygen atoms in total. The van der Waals surface area contributed by atoms with E-state index < -0.39 is 0 Å². The molecule has 16 rings (SSSR count). The van der Waals surface area contributed by atoms with Gasteiger partial charge in [0.25, 0.3) is 0 Å². The monoisotopic (exact) mass is 931 g/mol. The first-order valence-corrected chi connectivity index (χ1v) is 25.6. The van der Waals surface area contributed by atoms with Crippen LogP contribution >= 0.6 is 0 Å². The minimum atomic E-state index is -0.272. The molecule has 12 aromatic rings. The average Bonchev–Trinajstić information content (AvgIpc) is 3.95. The number of benzene rings is 11. The number of furan rings is 1. The van der Waals surface area contributed by atoms with E-state index in [0.717, 1.165) is 44.6 Å². The van der Waals surface area contributed by atoms with E-state index in [4.69, 9.17) is 4.42 Å². The molecular weight excluding hydrogens is 883 g/mol. The molecule has 0 atom stereocenters. The SMILES string of the molecule is CC1(C)c2cc(-c3ccc(-c4cccc5c4oc4ccccc45)c4c3C3c5ccccc5C4c4ccccc43)ccc2-c2ccc(N(c3ccc(-c4ccccc4)cc3)c3ccc(-c4ccccc4)cc3)cc21. The van der Waals surface area contributed by atoms with E-state index in [-0.39, 0.29) is 17.3 Å². The van der Waals surface area contributed by atoms with Crippen molar-refractivity contribution in [2.24, 2.45) is 0 Å². The smallest absolute Gasteiger partial charge is 0.143 e. The van der Waals surface area contributed by atoms with E-state index in [0.29, 0.717) is 0 Å². The van der Waals surface area contributed by atoms with Crippen molar-refractivity contribution >= 4 is 39.0 Å². The van der Waals surface area contributed by atoms with Gasteiger partial charge in [-0.05, 0) is 143 Å². The summed E-state index contributed by atoms with van der Waals surface area (Å²) >= 11 is 0. The molecule has 2 bridgehead atoms. The maximum absolute atomic E-state index is 6.78. The third kappa shape index (κ3) is 6.30. The Labute approximate surface area is 426 Å². The zero-order valence-corrected chi connectivity index (χ0v) is 40.7. The molecule has 2 heteroatoms. The van der Waals surface area contributed by atoms with Crippen molar-refractivity contribution in [3.63, 3.8) is 0 Å². The topological polar surface area (TPSA) is 16.4 Å². The highest BCUT2D eigenvalue weighted by atomic mass is 16.3. The fraction of sp³-hybridized carbons (Fsp3) is 0.0704. The standard InChI is InChI=1S/C71H49NO/c1-71(2)63-42-48(32-38-53(63)54-39-37-51(43-64(54)71)72(49-33-28-46(29-34-49)44-16-5-3-6-17-44)50-35-30-47(31-36-50)45-18-7-4-8-19-45)52-40-41-60(62-26-15-25-61-55-20-13-14-27-65(55)73-70(61)62)69-67-58-23-11-9-21-56(58)66(68(52)69)57-22-10-12-24-59(57)67/h3-43,66-67H,1-2H3. The van der Waals surface area contributed by atoms with Crippen molar-refractivity contribution in [1.82, 2.24) is 0 Å². The molecular formula is C71H49NO. The van der Waals surface area contributed by atoms with Crippen LogP contribution in [-0.4, -0.2) is 0 Å². The first kappa shape index (κ1) is 41.8. The summed E-state index contributed by atoms with van der Waals surface area (Å²) in [6.07, 6.45) is 0. The molecule has 1 heterocycles. The number of nitrogens with zero attached hydrogens (tertiary/aromatic N) is 1. The highest BCUT2D eigenvalue weighted by molar-refractivity contribution is 6.10. The molecule has 4 aliphatic carbocycles. The average molecular weight is 932 g/mol. The second kappa shape index (κ2) is 16.0. The molecule has 344 valence electrons. The van der Waals surface area contributed by atoms with Gasteiger partial charge in [0.05, 0.1) is 0 Å². The normalized spacial score (nSPS) is 15.4. The van der Waals surface area contributed by atoms with E-state index in [1.165, 1.54) is 94.6 Å². The van der Waals surface area contributed by atoms with Crippen LogP contribution < -0.4 is 4.90 Å². The number of rotatable bonds is 7. The summed E-state index contributed by atoms with van der Waals surface area (Å²) in [7, 11) is 0. The predicted molar refractivity (Wildman–Crippen MR) is 302 cm³/mol. The van der Waals surface area contributed by atoms with Crippen molar-refractivity contribution < 1.29 is 4.42 Å². The van der Waals surface area contributed by atoms with Crippen LogP contribution in [-0.2, 0) is 5.41 Å². The predicted octanol–water partition coefficient (Wildman–Crippen LogP) is 19.0. The molecule has 0 saturated carbocycles. The molecule has 0 spiro atoms. The molecule has 4 aliphatic rings. The van der Waals surface area contributed by atoms with Crippen LogP contribution in [0.15, 0.2) is 253 Å². The van der Waals surface area contributed by atoms with E-state index in [9.17, 15) is 0 Å². The minimum Gasteiger partial charge on any atom is -0.455 e. The minimum absolute atomic E-state index is 0.0857. The summed E-state index contributed by atoms with van der Waals surface area (Å²) in [5, 5.41) is 2.31. The Morgan fingerprint density at radius 3 is 1.37 bits per heavy atom. The van der Waals surface area contributed by atoms with Crippen LogP contribution in [0.4, 0.5) is 17.1 Å². The van der Waals surface area contributed by atoms with Crippen molar-refractivity contribution in [2.45, 2.75) is 31.1 Å². The van der Waals surface area contributed by atoms with Crippen molar-refractivity contribution in [3.8, 4) is 55.6 Å². The molecule has 0 saturated heterocycles. The van der Waals surface area contributed by atoms with Gasteiger partial charge in [0.2, 0.25) is 0 Å². The van der Waals surface area contributed by atoms with Gasteiger partial charge in [-0.1, -0.05) is 214 Å². The van der Waals surface area contributed by atoms with E-state index in [1.54, 1.807) is 0 Å².